The van der Waals surface area contributed by atoms with Crippen molar-refractivity contribution in [3.8, 4) is 5.75 Å². The fourth-order valence-electron chi connectivity index (χ4n) is 3.02. The molecule has 9 heteroatoms. The first kappa shape index (κ1) is 23.1. The Morgan fingerprint density at radius 1 is 1.06 bits per heavy atom. The monoisotopic (exact) mass is 472 g/mol. The lowest BCUT2D eigenvalue weighted by molar-refractivity contribution is 0.102. The maximum atomic E-state index is 12.4. The van der Waals surface area contributed by atoms with E-state index in [4.69, 9.17) is 10.6 Å². The van der Waals surface area contributed by atoms with Crippen LogP contribution in [0.2, 0.25) is 0 Å². The van der Waals surface area contributed by atoms with E-state index in [-0.39, 0.29) is 17.5 Å². The van der Waals surface area contributed by atoms with Crippen LogP contribution in [0, 0.1) is 6.92 Å². The van der Waals surface area contributed by atoms with Gasteiger partial charge in [0.15, 0.2) is 5.78 Å². The molecule has 0 aliphatic heterocycles. The van der Waals surface area contributed by atoms with Crippen molar-refractivity contribution < 1.29 is 9.53 Å². The molecule has 4 rings (SSSR count). The van der Waals surface area contributed by atoms with Crippen LogP contribution >= 0.6 is 11.8 Å². The van der Waals surface area contributed by atoms with E-state index in [0.717, 1.165) is 16.7 Å². The molecule has 1 aromatic heterocycles. The molecule has 0 fully saturated rings. The number of para-hydroxylation sites is 1. The van der Waals surface area contributed by atoms with Crippen molar-refractivity contribution in [3.63, 3.8) is 0 Å². The van der Waals surface area contributed by atoms with Gasteiger partial charge in [0.05, 0.1) is 12.0 Å². The zero-order valence-electron chi connectivity index (χ0n) is 18.6. The smallest absolute Gasteiger partial charge is 0.264 e. The van der Waals surface area contributed by atoms with E-state index in [1.807, 2.05) is 85.8 Å². The van der Waals surface area contributed by atoms with Gasteiger partial charge in [-0.25, -0.2) is 10.1 Å². The summed E-state index contributed by atoms with van der Waals surface area (Å²) in [5.74, 6) is 7.22. The lowest BCUT2D eigenvalue weighted by atomic mass is 10.1. The van der Waals surface area contributed by atoms with E-state index in [1.165, 1.54) is 16.4 Å². The van der Waals surface area contributed by atoms with Gasteiger partial charge < -0.3 is 10.6 Å². The fourth-order valence-corrected chi connectivity index (χ4v) is 3.77. The van der Waals surface area contributed by atoms with Gasteiger partial charge in [0, 0.05) is 11.1 Å². The number of aromatic nitrogens is 3. The Labute approximate surface area is 201 Å². The largest absolute Gasteiger partial charge is 0.488 e. The van der Waals surface area contributed by atoms with Crippen molar-refractivity contribution in [2.75, 3.05) is 17.0 Å². The molecule has 172 valence electrons. The molecule has 4 aromatic rings. The molecule has 3 N–H and O–H groups in total. The highest BCUT2D eigenvalue weighted by molar-refractivity contribution is 7.99. The highest BCUT2D eigenvalue weighted by atomic mass is 32.2. The maximum Gasteiger partial charge on any atom is 0.264 e. The first-order valence-electron chi connectivity index (χ1n) is 10.6. The number of carbonyl (C=O) groups excluding carboxylic acids is 1. The SMILES string of the molecule is Cc1ccc(C(=O)CSc2nnc(N/N=C/c3ccccc3OCc3ccccc3)n2N)cc1. The van der Waals surface area contributed by atoms with Gasteiger partial charge in [-0.2, -0.15) is 5.10 Å². The molecule has 0 spiro atoms. The summed E-state index contributed by atoms with van der Waals surface area (Å²) in [5.41, 5.74) is 6.42. The molecule has 1 heterocycles. The number of hydrazone groups is 1. The average Bonchev–Trinajstić information content (AvgIpc) is 3.22. The first-order valence-corrected chi connectivity index (χ1v) is 11.6. The van der Waals surface area contributed by atoms with Crippen molar-refractivity contribution in [2.24, 2.45) is 5.10 Å². The Kier molecular flexibility index (Phi) is 7.56. The summed E-state index contributed by atoms with van der Waals surface area (Å²) in [6.07, 6.45) is 1.63. The molecule has 8 nitrogen and oxygen atoms in total. The van der Waals surface area contributed by atoms with Crippen LogP contribution in [0.4, 0.5) is 5.95 Å². The second-order valence-electron chi connectivity index (χ2n) is 7.44. The van der Waals surface area contributed by atoms with Gasteiger partial charge in [-0.3, -0.25) is 4.79 Å². The van der Waals surface area contributed by atoms with Crippen LogP contribution in [0.3, 0.4) is 0 Å². The third kappa shape index (κ3) is 6.02. The maximum absolute atomic E-state index is 12.4. The Morgan fingerprint density at radius 3 is 2.59 bits per heavy atom. The van der Waals surface area contributed by atoms with Crippen molar-refractivity contribution in [1.82, 2.24) is 14.9 Å². The summed E-state index contributed by atoms with van der Waals surface area (Å²) in [6.45, 7) is 2.44. The van der Waals surface area contributed by atoms with Crippen LogP contribution in [0.15, 0.2) is 89.1 Å². The summed E-state index contributed by atoms with van der Waals surface area (Å²) >= 11 is 1.21. The molecule has 0 aliphatic carbocycles. The predicted molar refractivity (Wildman–Crippen MR) is 135 cm³/mol. The van der Waals surface area contributed by atoms with E-state index in [0.29, 0.717) is 23.1 Å². The standard InChI is InChI=1S/C25H24N6O2S/c1-18-11-13-20(14-12-18)22(32)17-34-25-30-29-24(31(25)26)28-27-15-21-9-5-6-10-23(21)33-16-19-7-3-2-4-8-19/h2-15H,16-17,26H2,1H3,(H,28,29)/b27-15+. The van der Waals surface area contributed by atoms with Gasteiger partial charge in [-0.05, 0) is 24.6 Å². The Bertz CT molecular complexity index is 1270. The minimum Gasteiger partial charge on any atom is -0.488 e. The predicted octanol–water partition coefficient (Wildman–Crippen LogP) is 4.30. The lowest BCUT2D eigenvalue weighted by Gasteiger charge is -2.09. The molecule has 0 unspecified atom stereocenters. The number of thioether (sulfide) groups is 1. The van der Waals surface area contributed by atoms with Gasteiger partial charge in [0.2, 0.25) is 5.16 Å². The molecular formula is C25H24N6O2S. The Morgan fingerprint density at radius 2 is 1.79 bits per heavy atom. The number of nitrogen functional groups attached to an aromatic ring is 1. The number of Topliss-reactive ketones (excluding diaryl/α,β-unsaturated/α-hetero) is 1. The molecule has 0 atom stereocenters. The van der Waals surface area contributed by atoms with Crippen LogP contribution in [0.25, 0.3) is 0 Å². The molecule has 34 heavy (non-hydrogen) atoms. The number of rotatable bonds is 10. The highest BCUT2D eigenvalue weighted by Crippen LogP contribution is 2.20. The number of nitrogens with zero attached hydrogens (tertiary/aromatic N) is 4. The number of aryl methyl sites for hydroxylation is 1. The number of hydrogen-bond acceptors (Lipinski definition) is 8. The number of ether oxygens (including phenoxy) is 1. The van der Waals surface area contributed by atoms with Crippen molar-refractivity contribution >= 4 is 29.7 Å². The number of nitrogens with two attached hydrogens (primary N) is 1. The van der Waals surface area contributed by atoms with Crippen LogP contribution in [0.1, 0.15) is 27.0 Å². The van der Waals surface area contributed by atoms with Crippen LogP contribution < -0.4 is 16.0 Å². The third-order valence-electron chi connectivity index (χ3n) is 4.89. The summed E-state index contributed by atoms with van der Waals surface area (Å²) < 4.78 is 7.21. The molecule has 0 saturated heterocycles. The summed E-state index contributed by atoms with van der Waals surface area (Å²) in [6, 6.07) is 25.0. The van der Waals surface area contributed by atoms with Crippen LogP contribution in [0.5, 0.6) is 5.75 Å². The second-order valence-corrected chi connectivity index (χ2v) is 8.38. The summed E-state index contributed by atoms with van der Waals surface area (Å²) in [4.78, 5) is 12.4. The molecule has 0 bridgehead atoms. The zero-order chi connectivity index (χ0) is 23.8. The second kappa shape index (κ2) is 11.2. The van der Waals surface area contributed by atoms with Crippen LogP contribution in [-0.4, -0.2) is 32.6 Å². The average molecular weight is 473 g/mol. The summed E-state index contributed by atoms with van der Waals surface area (Å²) in [5, 5.41) is 12.7. The topological polar surface area (TPSA) is 107 Å². The molecule has 3 aromatic carbocycles. The molecule has 0 amide bonds. The van der Waals surface area contributed by atoms with Gasteiger partial charge in [-0.1, -0.05) is 84.1 Å². The van der Waals surface area contributed by atoms with Gasteiger partial charge in [0.1, 0.15) is 12.4 Å². The first-order chi connectivity index (χ1) is 16.6. The van der Waals surface area contributed by atoms with E-state index in [9.17, 15) is 4.79 Å². The van der Waals surface area contributed by atoms with E-state index >= 15 is 0 Å². The minimum absolute atomic E-state index is 0.00682. The summed E-state index contributed by atoms with van der Waals surface area (Å²) in [7, 11) is 0. The third-order valence-corrected chi connectivity index (χ3v) is 5.84. The van der Waals surface area contributed by atoms with Crippen molar-refractivity contribution in [1.29, 1.82) is 0 Å². The van der Waals surface area contributed by atoms with Crippen molar-refractivity contribution in [2.45, 2.75) is 18.7 Å². The number of nitrogens with one attached hydrogen (secondary N) is 1. The molecule has 0 aliphatic rings. The van der Waals surface area contributed by atoms with E-state index in [1.54, 1.807) is 6.21 Å². The van der Waals surface area contributed by atoms with E-state index < -0.39 is 0 Å². The fraction of sp³-hybridized carbons (Fsp3) is 0.120. The Hall–Kier alpha value is -4.11. The van der Waals surface area contributed by atoms with Crippen LogP contribution in [-0.2, 0) is 6.61 Å². The number of anilines is 1. The number of ketones is 1. The quantitative estimate of drug-likeness (QED) is 0.116. The van der Waals surface area contributed by atoms with Crippen molar-refractivity contribution in [3.05, 3.63) is 101 Å². The normalized spacial score (nSPS) is 11.0. The zero-order valence-corrected chi connectivity index (χ0v) is 19.4. The number of hydrogen-bond donors (Lipinski definition) is 2. The number of benzene rings is 3. The van der Waals surface area contributed by atoms with Gasteiger partial charge in [-0.15, -0.1) is 10.2 Å². The van der Waals surface area contributed by atoms with Gasteiger partial charge >= 0.3 is 0 Å². The number of carbonyl (C=O) groups is 1. The van der Waals surface area contributed by atoms with E-state index in [2.05, 4.69) is 20.7 Å². The Balaban J connectivity index is 1.34. The lowest BCUT2D eigenvalue weighted by Crippen LogP contribution is -2.14. The molecule has 0 radical (unpaired) electrons. The molecule has 0 saturated carbocycles. The molecular weight excluding hydrogens is 448 g/mol. The van der Waals surface area contributed by atoms with Gasteiger partial charge in [0.25, 0.3) is 5.95 Å². The highest BCUT2D eigenvalue weighted by Gasteiger charge is 2.13. The minimum atomic E-state index is -0.00682.